The van der Waals surface area contributed by atoms with Gasteiger partial charge in [-0.1, -0.05) is 15.9 Å². The average Bonchev–Trinajstić information content (AvgIpc) is 2.20. The molecule has 0 fully saturated rings. The van der Waals surface area contributed by atoms with E-state index < -0.39 is 0 Å². The molecule has 0 aliphatic rings. The van der Waals surface area contributed by atoms with Crippen molar-refractivity contribution in [2.24, 2.45) is 5.73 Å². The Morgan fingerprint density at radius 1 is 1.53 bits per heavy atom. The molecule has 94 valence electrons. The minimum absolute atomic E-state index is 0.0496. The summed E-state index contributed by atoms with van der Waals surface area (Å²) in [6.07, 6.45) is 0.920. The second-order valence-electron chi connectivity index (χ2n) is 4.70. The number of nitrogens with one attached hydrogen (secondary N) is 1. The smallest absolute Gasteiger partial charge is 0.224 e. The number of phenolic OH excluding ortho intramolecular Hbond substituents is 1. The zero-order valence-corrected chi connectivity index (χ0v) is 11.5. The lowest BCUT2D eigenvalue weighted by Crippen LogP contribution is -2.33. The summed E-state index contributed by atoms with van der Waals surface area (Å²) in [5.74, 6) is -0.106. The summed E-state index contributed by atoms with van der Waals surface area (Å²) in [4.78, 5) is 11.6. The molecule has 1 amide bonds. The van der Waals surface area contributed by atoms with Gasteiger partial charge in [-0.3, -0.25) is 4.79 Å². The molecular formula is C12H17BrN2O2. The number of benzene rings is 1. The van der Waals surface area contributed by atoms with Gasteiger partial charge in [-0.15, -0.1) is 0 Å². The van der Waals surface area contributed by atoms with Crippen LogP contribution in [0.4, 0.5) is 5.69 Å². The third-order valence-electron chi connectivity index (χ3n) is 2.23. The van der Waals surface area contributed by atoms with Crippen molar-refractivity contribution < 1.29 is 9.90 Å². The maximum atomic E-state index is 11.6. The van der Waals surface area contributed by atoms with E-state index >= 15 is 0 Å². The number of phenols is 1. The third kappa shape index (κ3) is 5.19. The summed E-state index contributed by atoms with van der Waals surface area (Å²) in [5.41, 5.74) is 5.83. The lowest BCUT2D eigenvalue weighted by molar-refractivity contribution is -0.116. The van der Waals surface area contributed by atoms with Crippen LogP contribution in [-0.4, -0.2) is 16.6 Å². The van der Waals surface area contributed by atoms with Gasteiger partial charge in [0.25, 0.3) is 0 Å². The number of hydrogen-bond acceptors (Lipinski definition) is 3. The van der Waals surface area contributed by atoms with Crippen LogP contribution in [0.3, 0.4) is 0 Å². The van der Waals surface area contributed by atoms with E-state index in [0.29, 0.717) is 18.5 Å². The fourth-order valence-electron chi connectivity index (χ4n) is 1.26. The molecule has 4 nitrogen and oxygen atoms in total. The Morgan fingerprint density at radius 2 is 2.18 bits per heavy atom. The Kier molecular flexibility index (Phi) is 4.54. The van der Waals surface area contributed by atoms with Crippen molar-refractivity contribution in [1.29, 1.82) is 0 Å². The van der Waals surface area contributed by atoms with Crippen LogP contribution in [-0.2, 0) is 4.79 Å². The molecule has 0 aliphatic heterocycles. The van der Waals surface area contributed by atoms with E-state index in [1.54, 1.807) is 12.1 Å². The number of aromatic hydroxyl groups is 1. The zero-order chi connectivity index (χ0) is 13.1. The highest BCUT2D eigenvalue weighted by Crippen LogP contribution is 2.27. The Labute approximate surface area is 109 Å². The number of carbonyl (C=O) groups is 1. The van der Waals surface area contributed by atoms with Crippen molar-refractivity contribution in [3.05, 3.63) is 22.7 Å². The van der Waals surface area contributed by atoms with Gasteiger partial charge in [0.05, 0.1) is 5.69 Å². The van der Waals surface area contributed by atoms with Crippen molar-refractivity contribution in [2.75, 3.05) is 5.32 Å². The van der Waals surface area contributed by atoms with Gasteiger partial charge in [-0.05, 0) is 38.5 Å². The van der Waals surface area contributed by atoms with E-state index in [0.717, 1.165) is 4.47 Å². The molecular weight excluding hydrogens is 284 g/mol. The number of carbonyl (C=O) groups excluding carboxylic acids is 1. The van der Waals surface area contributed by atoms with Crippen molar-refractivity contribution in [3.8, 4) is 5.75 Å². The molecule has 0 bridgehead atoms. The molecule has 0 heterocycles. The van der Waals surface area contributed by atoms with Crippen LogP contribution in [0.15, 0.2) is 22.7 Å². The average molecular weight is 301 g/mol. The first-order valence-electron chi connectivity index (χ1n) is 5.35. The molecule has 0 saturated heterocycles. The van der Waals surface area contributed by atoms with E-state index in [1.807, 2.05) is 13.8 Å². The molecule has 5 heteroatoms. The molecule has 4 N–H and O–H groups in total. The topological polar surface area (TPSA) is 75.4 Å². The molecule has 17 heavy (non-hydrogen) atoms. The summed E-state index contributed by atoms with van der Waals surface area (Å²) >= 11 is 3.27. The zero-order valence-electron chi connectivity index (χ0n) is 9.96. The maximum absolute atomic E-state index is 11.6. The van der Waals surface area contributed by atoms with E-state index in [-0.39, 0.29) is 17.2 Å². The van der Waals surface area contributed by atoms with E-state index in [2.05, 4.69) is 21.2 Å². The molecule has 0 spiro atoms. The van der Waals surface area contributed by atoms with E-state index in [4.69, 9.17) is 5.73 Å². The molecule has 1 aromatic carbocycles. The molecule has 0 aromatic heterocycles. The van der Waals surface area contributed by atoms with Gasteiger partial charge in [-0.2, -0.15) is 0 Å². The van der Waals surface area contributed by atoms with Gasteiger partial charge < -0.3 is 16.2 Å². The first-order chi connectivity index (χ1) is 7.78. The molecule has 0 aliphatic carbocycles. The van der Waals surface area contributed by atoms with Gasteiger partial charge in [0.2, 0.25) is 5.91 Å². The minimum Gasteiger partial charge on any atom is -0.506 e. The minimum atomic E-state index is -0.364. The normalized spacial score (nSPS) is 11.3. The van der Waals surface area contributed by atoms with Crippen LogP contribution in [0.5, 0.6) is 5.75 Å². The Balaban J connectivity index is 2.59. The predicted molar refractivity (Wildman–Crippen MR) is 71.9 cm³/mol. The largest absolute Gasteiger partial charge is 0.506 e. The number of hydrogen-bond donors (Lipinski definition) is 3. The quantitative estimate of drug-likeness (QED) is 0.748. The SMILES string of the molecule is CC(C)(N)CCC(=O)Nc1cc(Br)ccc1O. The number of halogens is 1. The highest BCUT2D eigenvalue weighted by molar-refractivity contribution is 9.10. The van der Waals surface area contributed by atoms with Crippen molar-refractivity contribution in [1.82, 2.24) is 0 Å². The number of nitrogens with two attached hydrogens (primary N) is 1. The van der Waals surface area contributed by atoms with Gasteiger partial charge in [0.1, 0.15) is 5.75 Å². The number of amides is 1. The van der Waals surface area contributed by atoms with Crippen LogP contribution < -0.4 is 11.1 Å². The standard InChI is InChI=1S/C12H17BrN2O2/c1-12(2,14)6-5-11(17)15-9-7-8(13)3-4-10(9)16/h3-4,7,16H,5-6,14H2,1-2H3,(H,15,17). The van der Waals surface area contributed by atoms with Crippen LogP contribution >= 0.6 is 15.9 Å². The summed E-state index contributed by atoms with van der Waals surface area (Å²) in [7, 11) is 0. The molecule has 0 radical (unpaired) electrons. The lowest BCUT2D eigenvalue weighted by Gasteiger charge is -2.17. The Morgan fingerprint density at radius 3 is 2.76 bits per heavy atom. The second-order valence-corrected chi connectivity index (χ2v) is 5.61. The fraction of sp³-hybridized carbons (Fsp3) is 0.417. The van der Waals surface area contributed by atoms with Crippen LogP contribution in [0.1, 0.15) is 26.7 Å². The molecule has 1 aromatic rings. The first-order valence-corrected chi connectivity index (χ1v) is 6.14. The first kappa shape index (κ1) is 14.0. The van der Waals surface area contributed by atoms with Crippen molar-refractivity contribution in [3.63, 3.8) is 0 Å². The van der Waals surface area contributed by atoms with E-state index in [9.17, 15) is 9.90 Å². The van der Waals surface area contributed by atoms with Crippen LogP contribution in [0, 0.1) is 0 Å². The molecule has 1 rings (SSSR count). The second kappa shape index (κ2) is 5.51. The highest BCUT2D eigenvalue weighted by atomic mass is 79.9. The van der Waals surface area contributed by atoms with Gasteiger partial charge in [0.15, 0.2) is 0 Å². The molecule has 0 unspecified atom stereocenters. The highest BCUT2D eigenvalue weighted by Gasteiger charge is 2.14. The van der Waals surface area contributed by atoms with Crippen LogP contribution in [0.25, 0.3) is 0 Å². The number of anilines is 1. The summed E-state index contributed by atoms with van der Waals surface area (Å²) in [6.45, 7) is 3.74. The molecule has 0 saturated carbocycles. The van der Waals surface area contributed by atoms with Gasteiger partial charge in [0, 0.05) is 16.4 Å². The fourth-order valence-corrected chi connectivity index (χ4v) is 1.62. The summed E-state index contributed by atoms with van der Waals surface area (Å²) < 4.78 is 0.796. The lowest BCUT2D eigenvalue weighted by atomic mass is 10.00. The van der Waals surface area contributed by atoms with Crippen LogP contribution in [0.2, 0.25) is 0 Å². The predicted octanol–water partition coefficient (Wildman–Crippen LogP) is 2.61. The van der Waals surface area contributed by atoms with Crippen molar-refractivity contribution in [2.45, 2.75) is 32.2 Å². The van der Waals surface area contributed by atoms with Crippen molar-refractivity contribution >= 4 is 27.5 Å². The van der Waals surface area contributed by atoms with E-state index in [1.165, 1.54) is 6.07 Å². The Bertz CT molecular complexity index is 413. The van der Waals surface area contributed by atoms with Gasteiger partial charge >= 0.3 is 0 Å². The summed E-state index contributed by atoms with van der Waals surface area (Å²) in [5, 5.41) is 12.2. The summed E-state index contributed by atoms with van der Waals surface area (Å²) in [6, 6.07) is 4.88. The number of rotatable bonds is 4. The monoisotopic (exact) mass is 300 g/mol. The Hall–Kier alpha value is -1.07. The molecule has 0 atom stereocenters. The van der Waals surface area contributed by atoms with Gasteiger partial charge in [-0.25, -0.2) is 0 Å². The third-order valence-corrected chi connectivity index (χ3v) is 2.72. The maximum Gasteiger partial charge on any atom is 0.224 e.